The van der Waals surface area contributed by atoms with Crippen LogP contribution in [0.5, 0.6) is 0 Å². The Kier molecular flexibility index (Phi) is 3.80. The van der Waals surface area contributed by atoms with Crippen LogP contribution >= 0.6 is 11.3 Å². The first-order valence-electron chi connectivity index (χ1n) is 7.39. The zero-order valence-electron chi connectivity index (χ0n) is 12.3. The van der Waals surface area contributed by atoms with Crippen molar-refractivity contribution in [3.63, 3.8) is 0 Å². The lowest BCUT2D eigenvalue weighted by Gasteiger charge is -2.12. The van der Waals surface area contributed by atoms with Crippen molar-refractivity contribution in [3.05, 3.63) is 27.1 Å². The summed E-state index contributed by atoms with van der Waals surface area (Å²) in [6.45, 7) is 4.00. The summed E-state index contributed by atoms with van der Waals surface area (Å²) in [5.74, 6) is -0.139. The molecule has 1 unspecified atom stereocenters. The van der Waals surface area contributed by atoms with Gasteiger partial charge < -0.3 is 5.32 Å². The number of carbonyl (C=O) groups is 1. The van der Waals surface area contributed by atoms with Gasteiger partial charge in [0, 0.05) is 10.9 Å². The Morgan fingerprint density at radius 1 is 1.52 bits per heavy atom. The summed E-state index contributed by atoms with van der Waals surface area (Å²) in [5.41, 5.74) is 1.07. The van der Waals surface area contributed by atoms with Gasteiger partial charge in [-0.25, -0.2) is 4.98 Å². The fraction of sp³-hybridized carbons (Fsp3) is 0.533. The number of hydrogen-bond acceptors (Lipinski definition) is 4. The number of rotatable bonds is 4. The summed E-state index contributed by atoms with van der Waals surface area (Å²) in [4.78, 5) is 31.0. The fourth-order valence-electron chi connectivity index (χ4n) is 2.71. The molecule has 1 amide bonds. The maximum Gasteiger partial charge on any atom is 0.262 e. The van der Waals surface area contributed by atoms with E-state index in [1.807, 2.05) is 13.8 Å². The summed E-state index contributed by atoms with van der Waals surface area (Å²) < 4.78 is 1.42. The molecule has 0 bridgehead atoms. The average Bonchev–Trinajstić information content (AvgIpc) is 3.02. The number of aryl methyl sites for hydroxylation is 2. The first kappa shape index (κ1) is 14.3. The molecule has 21 heavy (non-hydrogen) atoms. The number of hydrogen-bond donors (Lipinski definition) is 1. The Balaban J connectivity index is 1.92. The van der Waals surface area contributed by atoms with Crippen LogP contribution in [0.3, 0.4) is 0 Å². The third-order valence-corrected chi connectivity index (χ3v) is 5.23. The highest BCUT2D eigenvalue weighted by molar-refractivity contribution is 7.18. The largest absolute Gasteiger partial charge is 0.352 e. The Hall–Kier alpha value is -1.69. The molecule has 0 spiro atoms. The summed E-state index contributed by atoms with van der Waals surface area (Å²) in [6, 6.07) is 0.121. The van der Waals surface area contributed by atoms with Gasteiger partial charge in [-0.1, -0.05) is 6.92 Å². The van der Waals surface area contributed by atoms with Crippen molar-refractivity contribution in [2.75, 3.05) is 0 Å². The Bertz CT molecular complexity index is 747. The van der Waals surface area contributed by atoms with Crippen LogP contribution in [0.2, 0.25) is 0 Å². The van der Waals surface area contributed by atoms with Gasteiger partial charge in [-0.2, -0.15) is 0 Å². The predicted octanol–water partition coefficient (Wildman–Crippen LogP) is 1.86. The first-order valence-corrected chi connectivity index (χ1v) is 8.20. The highest BCUT2D eigenvalue weighted by Crippen LogP contribution is 2.34. The van der Waals surface area contributed by atoms with Crippen LogP contribution < -0.4 is 10.9 Å². The number of thiophene rings is 1. The second-order valence-corrected chi connectivity index (χ2v) is 6.68. The lowest BCUT2D eigenvalue weighted by atomic mass is 10.2. The van der Waals surface area contributed by atoms with Crippen LogP contribution in [0.25, 0.3) is 10.2 Å². The Morgan fingerprint density at radius 2 is 2.33 bits per heavy atom. The monoisotopic (exact) mass is 305 g/mol. The third-order valence-electron chi connectivity index (χ3n) is 4.03. The summed E-state index contributed by atoms with van der Waals surface area (Å²) >= 11 is 1.62. The van der Waals surface area contributed by atoms with Gasteiger partial charge in [0.05, 0.1) is 11.7 Å². The molecule has 0 saturated heterocycles. The van der Waals surface area contributed by atoms with E-state index in [2.05, 4.69) is 10.3 Å². The highest BCUT2D eigenvalue weighted by atomic mass is 32.1. The molecule has 1 aliphatic rings. The van der Waals surface area contributed by atoms with Crippen LogP contribution in [0.15, 0.2) is 11.1 Å². The van der Waals surface area contributed by atoms with Crippen LogP contribution in [0.1, 0.15) is 37.1 Å². The molecule has 0 radical (unpaired) electrons. The van der Waals surface area contributed by atoms with E-state index >= 15 is 0 Å². The lowest BCUT2D eigenvalue weighted by molar-refractivity contribution is -0.122. The van der Waals surface area contributed by atoms with Gasteiger partial charge in [0.15, 0.2) is 0 Å². The smallest absolute Gasteiger partial charge is 0.262 e. The van der Waals surface area contributed by atoms with Gasteiger partial charge in [0.2, 0.25) is 5.91 Å². The fourth-order valence-corrected chi connectivity index (χ4v) is 3.93. The van der Waals surface area contributed by atoms with Gasteiger partial charge in [-0.15, -0.1) is 11.3 Å². The lowest BCUT2D eigenvalue weighted by Crippen LogP contribution is -2.37. The summed E-state index contributed by atoms with van der Waals surface area (Å²) in [5, 5.41) is 3.60. The van der Waals surface area contributed by atoms with Crippen molar-refractivity contribution in [1.29, 1.82) is 0 Å². The molecule has 2 aromatic rings. The topological polar surface area (TPSA) is 64.0 Å². The Labute approximate surface area is 127 Å². The summed E-state index contributed by atoms with van der Waals surface area (Å²) in [7, 11) is 0. The molecule has 2 aromatic heterocycles. The molecule has 0 saturated carbocycles. The summed E-state index contributed by atoms with van der Waals surface area (Å²) in [6.07, 6.45) is 5.47. The van der Waals surface area contributed by atoms with E-state index in [4.69, 9.17) is 0 Å². The molecule has 1 atom stereocenters. The normalized spacial score (nSPS) is 15.1. The average molecular weight is 305 g/mol. The van der Waals surface area contributed by atoms with E-state index in [-0.39, 0.29) is 24.1 Å². The van der Waals surface area contributed by atoms with E-state index < -0.39 is 0 Å². The maximum absolute atomic E-state index is 12.6. The van der Waals surface area contributed by atoms with Gasteiger partial charge >= 0.3 is 0 Å². The number of fused-ring (bicyclic) bond motifs is 3. The molecule has 0 aliphatic heterocycles. The van der Waals surface area contributed by atoms with Crippen LogP contribution in [0, 0.1) is 0 Å². The molecule has 2 heterocycles. The number of aromatic nitrogens is 2. The minimum absolute atomic E-state index is 0.0384. The molecule has 3 rings (SSSR count). The molecule has 112 valence electrons. The second-order valence-electron chi connectivity index (χ2n) is 5.59. The second kappa shape index (κ2) is 5.60. The van der Waals surface area contributed by atoms with Crippen molar-refractivity contribution >= 4 is 27.5 Å². The van der Waals surface area contributed by atoms with Gasteiger partial charge in [0.1, 0.15) is 11.4 Å². The Morgan fingerprint density at radius 3 is 3.10 bits per heavy atom. The molecule has 5 nitrogen and oxygen atoms in total. The van der Waals surface area contributed by atoms with Crippen LogP contribution in [-0.4, -0.2) is 21.5 Å². The predicted molar refractivity (Wildman–Crippen MR) is 83.8 cm³/mol. The van der Waals surface area contributed by atoms with Crippen molar-refractivity contribution < 1.29 is 4.79 Å². The maximum atomic E-state index is 12.6. The quantitative estimate of drug-likeness (QED) is 0.938. The molecular formula is C15H19N3O2S. The minimum atomic E-state index is -0.139. The zero-order chi connectivity index (χ0) is 15.0. The minimum Gasteiger partial charge on any atom is -0.352 e. The van der Waals surface area contributed by atoms with Crippen molar-refractivity contribution in [3.8, 4) is 0 Å². The van der Waals surface area contributed by atoms with Gasteiger partial charge in [-0.3, -0.25) is 14.2 Å². The standard InChI is InChI=1S/C15H19N3O2S/c1-3-9(2)17-12(19)7-18-8-16-14-13(15(18)20)10-5-4-6-11(10)21-14/h8-9H,3-7H2,1-2H3,(H,17,19). The van der Waals surface area contributed by atoms with Crippen molar-refractivity contribution in [2.45, 2.75) is 52.1 Å². The molecule has 0 aromatic carbocycles. The van der Waals surface area contributed by atoms with Crippen molar-refractivity contribution in [2.24, 2.45) is 0 Å². The molecular weight excluding hydrogens is 286 g/mol. The number of nitrogens with zero attached hydrogens (tertiary/aromatic N) is 2. The van der Waals surface area contributed by atoms with Gasteiger partial charge in [-0.05, 0) is 38.2 Å². The zero-order valence-corrected chi connectivity index (χ0v) is 13.1. The van der Waals surface area contributed by atoms with E-state index in [1.54, 1.807) is 11.3 Å². The number of carbonyl (C=O) groups excluding carboxylic acids is 1. The number of nitrogens with one attached hydrogen (secondary N) is 1. The third kappa shape index (κ3) is 2.60. The molecule has 0 fully saturated rings. The van der Waals surface area contributed by atoms with E-state index in [0.717, 1.165) is 41.5 Å². The van der Waals surface area contributed by atoms with Crippen molar-refractivity contribution in [1.82, 2.24) is 14.9 Å². The highest BCUT2D eigenvalue weighted by Gasteiger charge is 2.21. The molecule has 6 heteroatoms. The van der Waals surface area contributed by atoms with E-state index in [1.165, 1.54) is 15.8 Å². The SMILES string of the molecule is CCC(C)NC(=O)Cn1cnc2sc3c(c2c1=O)CCC3. The van der Waals surface area contributed by atoms with Gasteiger partial charge in [0.25, 0.3) is 5.56 Å². The number of amides is 1. The van der Waals surface area contributed by atoms with E-state index in [9.17, 15) is 9.59 Å². The van der Waals surface area contributed by atoms with Crippen LogP contribution in [0.4, 0.5) is 0 Å². The van der Waals surface area contributed by atoms with Crippen LogP contribution in [-0.2, 0) is 24.2 Å². The first-order chi connectivity index (χ1) is 10.1. The molecule has 1 aliphatic carbocycles. The molecule has 1 N–H and O–H groups in total. The van der Waals surface area contributed by atoms with E-state index in [0.29, 0.717) is 0 Å².